The fourth-order valence-corrected chi connectivity index (χ4v) is 1.85. The number of rotatable bonds is 6. The summed E-state index contributed by atoms with van der Waals surface area (Å²) in [6.07, 6.45) is 2.68. The third-order valence-electron chi connectivity index (χ3n) is 2.90. The molecule has 4 nitrogen and oxygen atoms in total. The van der Waals surface area contributed by atoms with E-state index in [0.717, 1.165) is 16.9 Å². The summed E-state index contributed by atoms with van der Waals surface area (Å²) in [5.41, 5.74) is 7.71. The van der Waals surface area contributed by atoms with Crippen LogP contribution in [0, 0.1) is 0 Å². The Balaban J connectivity index is 1.76. The maximum absolute atomic E-state index is 11.7. The van der Waals surface area contributed by atoms with E-state index in [1.54, 1.807) is 6.26 Å². The van der Waals surface area contributed by atoms with Gasteiger partial charge in [-0.2, -0.15) is 0 Å². The number of hydrogen-bond donors (Lipinski definition) is 2. The van der Waals surface area contributed by atoms with Gasteiger partial charge in [0.05, 0.1) is 6.26 Å². The van der Waals surface area contributed by atoms with Crippen molar-refractivity contribution in [3.63, 3.8) is 0 Å². The molecule has 0 saturated carbocycles. The van der Waals surface area contributed by atoms with Gasteiger partial charge < -0.3 is 15.5 Å². The van der Waals surface area contributed by atoms with E-state index in [1.165, 1.54) is 0 Å². The van der Waals surface area contributed by atoms with Crippen molar-refractivity contribution in [1.82, 2.24) is 5.32 Å². The van der Waals surface area contributed by atoms with Crippen LogP contribution in [-0.2, 0) is 24.3 Å². The highest BCUT2D eigenvalue weighted by molar-refractivity contribution is 5.76. The fraction of sp³-hybridized carbons (Fsp3) is 0.267. The quantitative estimate of drug-likeness (QED) is 0.832. The molecule has 0 unspecified atom stereocenters. The van der Waals surface area contributed by atoms with Crippen LogP contribution in [-0.4, -0.2) is 5.91 Å². The predicted molar refractivity (Wildman–Crippen MR) is 73.2 cm³/mol. The highest BCUT2D eigenvalue weighted by Crippen LogP contribution is 2.06. The SMILES string of the molecule is NCc1cccc(CNC(=O)CCc2ccco2)c1. The summed E-state index contributed by atoms with van der Waals surface area (Å²) < 4.78 is 5.18. The lowest BCUT2D eigenvalue weighted by atomic mass is 10.1. The second kappa shape index (κ2) is 6.75. The van der Waals surface area contributed by atoms with Crippen LogP contribution in [0.25, 0.3) is 0 Å². The number of amides is 1. The van der Waals surface area contributed by atoms with E-state index in [0.29, 0.717) is 25.9 Å². The zero-order valence-electron chi connectivity index (χ0n) is 10.8. The minimum atomic E-state index is 0.0227. The van der Waals surface area contributed by atoms with Crippen molar-refractivity contribution in [3.05, 3.63) is 59.5 Å². The molecule has 0 aliphatic rings. The molecule has 0 saturated heterocycles. The monoisotopic (exact) mass is 258 g/mol. The van der Waals surface area contributed by atoms with Gasteiger partial charge in [0.2, 0.25) is 5.91 Å². The number of nitrogens with two attached hydrogens (primary N) is 1. The molecular weight excluding hydrogens is 240 g/mol. The molecule has 19 heavy (non-hydrogen) atoms. The standard InChI is InChI=1S/C15H18N2O2/c16-10-12-3-1-4-13(9-12)11-17-15(18)7-6-14-5-2-8-19-14/h1-5,8-9H,6-7,10-11,16H2,(H,17,18). The highest BCUT2D eigenvalue weighted by atomic mass is 16.3. The summed E-state index contributed by atoms with van der Waals surface area (Å²) >= 11 is 0. The molecule has 1 aromatic heterocycles. The second-order valence-electron chi connectivity index (χ2n) is 4.38. The van der Waals surface area contributed by atoms with Crippen LogP contribution in [0.15, 0.2) is 47.1 Å². The van der Waals surface area contributed by atoms with Gasteiger partial charge in [-0.25, -0.2) is 0 Å². The van der Waals surface area contributed by atoms with Gasteiger partial charge in [0.15, 0.2) is 0 Å². The number of hydrogen-bond acceptors (Lipinski definition) is 3. The van der Waals surface area contributed by atoms with Crippen LogP contribution >= 0.6 is 0 Å². The van der Waals surface area contributed by atoms with E-state index in [-0.39, 0.29) is 5.91 Å². The Hall–Kier alpha value is -2.07. The van der Waals surface area contributed by atoms with Gasteiger partial charge >= 0.3 is 0 Å². The van der Waals surface area contributed by atoms with Crippen LogP contribution in [0.3, 0.4) is 0 Å². The predicted octanol–water partition coefficient (Wildman–Crippen LogP) is 1.99. The molecule has 3 N–H and O–H groups in total. The van der Waals surface area contributed by atoms with E-state index < -0.39 is 0 Å². The Bertz CT molecular complexity index is 521. The van der Waals surface area contributed by atoms with Gasteiger partial charge in [-0.05, 0) is 23.3 Å². The number of nitrogens with one attached hydrogen (secondary N) is 1. The topological polar surface area (TPSA) is 68.3 Å². The maximum atomic E-state index is 11.7. The van der Waals surface area contributed by atoms with Crippen molar-refractivity contribution in [2.45, 2.75) is 25.9 Å². The van der Waals surface area contributed by atoms with Gasteiger partial charge in [0.1, 0.15) is 5.76 Å². The van der Waals surface area contributed by atoms with Crippen LogP contribution in [0.4, 0.5) is 0 Å². The lowest BCUT2D eigenvalue weighted by Gasteiger charge is -2.06. The molecule has 0 spiro atoms. The Morgan fingerprint density at radius 3 is 2.79 bits per heavy atom. The average Bonchev–Trinajstić information content (AvgIpc) is 2.96. The van der Waals surface area contributed by atoms with Crippen molar-refractivity contribution in [2.24, 2.45) is 5.73 Å². The third kappa shape index (κ3) is 4.26. The normalized spacial score (nSPS) is 10.4. The molecule has 1 heterocycles. The lowest BCUT2D eigenvalue weighted by Crippen LogP contribution is -2.23. The molecule has 0 fully saturated rings. The van der Waals surface area contributed by atoms with Crippen LogP contribution < -0.4 is 11.1 Å². The molecule has 0 aliphatic heterocycles. The van der Waals surface area contributed by atoms with Gasteiger partial charge in [-0.3, -0.25) is 4.79 Å². The Morgan fingerprint density at radius 1 is 1.21 bits per heavy atom. The first kappa shape index (κ1) is 13.4. The molecule has 2 aromatic rings. The van der Waals surface area contributed by atoms with Gasteiger partial charge in [0.25, 0.3) is 0 Å². The van der Waals surface area contributed by atoms with Crippen molar-refractivity contribution >= 4 is 5.91 Å². The maximum Gasteiger partial charge on any atom is 0.220 e. The molecule has 100 valence electrons. The molecular formula is C15H18N2O2. The van der Waals surface area contributed by atoms with Crippen molar-refractivity contribution < 1.29 is 9.21 Å². The average molecular weight is 258 g/mol. The van der Waals surface area contributed by atoms with E-state index >= 15 is 0 Å². The number of carbonyl (C=O) groups excluding carboxylic acids is 1. The number of benzene rings is 1. The molecule has 1 aromatic carbocycles. The van der Waals surface area contributed by atoms with Crippen molar-refractivity contribution in [1.29, 1.82) is 0 Å². The van der Waals surface area contributed by atoms with Crippen LogP contribution in [0.2, 0.25) is 0 Å². The molecule has 2 rings (SSSR count). The van der Waals surface area contributed by atoms with Crippen LogP contribution in [0.1, 0.15) is 23.3 Å². The molecule has 4 heteroatoms. The van der Waals surface area contributed by atoms with Gasteiger partial charge in [-0.15, -0.1) is 0 Å². The summed E-state index contributed by atoms with van der Waals surface area (Å²) in [6, 6.07) is 11.6. The van der Waals surface area contributed by atoms with Crippen molar-refractivity contribution in [3.8, 4) is 0 Å². The first-order valence-electron chi connectivity index (χ1n) is 6.35. The summed E-state index contributed by atoms with van der Waals surface area (Å²) in [7, 11) is 0. The van der Waals surface area contributed by atoms with Gasteiger partial charge in [-0.1, -0.05) is 24.3 Å². The van der Waals surface area contributed by atoms with E-state index in [9.17, 15) is 4.79 Å². The van der Waals surface area contributed by atoms with E-state index in [4.69, 9.17) is 10.2 Å². The third-order valence-corrected chi connectivity index (χ3v) is 2.90. The summed E-state index contributed by atoms with van der Waals surface area (Å²) in [6.45, 7) is 1.05. The second-order valence-corrected chi connectivity index (χ2v) is 4.38. The number of aryl methyl sites for hydroxylation is 1. The molecule has 0 bridgehead atoms. The minimum Gasteiger partial charge on any atom is -0.469 e. The largest absolute Gasteiger partial charge is 0.469 e. The molecule has 1 amide bonds. The number of furan rings is 1. The molecule has 0 atom stereocenters. The van der Waals surface area contributed by atoms with Gasteiger partial charge in [0, 0.05) is 25.9 Å². The van der Waals surface area contributed by atoms with E-state index in [1.807, 2.05) is 36.4 Å². The molecule has 0 aliphatic carbocycles. The smallest absolute Gasteiger partial charge is 0.220 e. The number of carbonyl (C=O) groups is 1. The zero-order valence-corrected chi connectivity index (χ0v) is 10.8. The Labute approximate surface area is 112 Å². The van der Waals surface area contributed by atoms with Crippen molar-refractivity contribution in [2.75, 3.05) is 0 Å². The first-order valence-corrected chi connectivity index (χ1v) is 6.35. The fourth-order valence-electron chi connectivity index (χ4n) is 1.85. The van der Waals surface area contributed by atoms with E-state index in [2.05, 4.69) is 5.32 Å². The summed E-state index contributed by atoms with van der Waals surface area (Å²) in [5, 5.41) is 2.89. The highest BCUT2D eigenvalue weighted by Gasteiger charge is 2.04. The minimum absolute atomic E-state index is 0.0227. The van der Waals surface area contributed by atoms with Crippen LogP contribution in [0.5, 0.6) is 0 Å². The summed E-state index contributed by atoms with van der Waals surface area (Å²) in [5.74, 6) is 0.856. The first-order chi connectivity index (χ1) is 9.28. The molecule has 0 radical (unpaired) electrons. The Morgan fingerprint density at radius 2 is 2.05 bits per heavy atom. The zero-order chi connectivity index (χ0) is 13.5. The summed E-state index contributed by atoms with van der Waals surface area (Å²) in [4.78, 5) is 11.7. The lowest BCUT2D eigenvalue weighted by molar-refractivity contribution is -0.121. The Kier molecular flexibility index (Phi) is 4.75.